The lowest BCUT2D eigenvalue weighted by atomic mass is 10.0. The Morgan fingerprint density at radius 1 is 1.22 bits per heavy atom. The fourth-order valence-corrected chi connectivity index (χ4v) is 1.41. The second-order valence-corrected chi connectivity index (χ2v) is 3.63. The van der Waals surface area contributed by atoms with Gasteiger partial charge in [0.2, 0.25) is 0 Å². The average molecular weight is 249 g/mol. The summed E-state index contributed by atoms with van der Waals surface area (Å²) < 4.78 is 9.14. The SMILES string of the molecule is COC(=O)C=Cc1cc(N)c(C)c(C(=O)OC)c1. The molecule has 1 aromatic rings. The number of methoxy groups -OCH3 is 2. The van der Waals surface area contributed by atoms with Gasteiger partial charge in [-0.05, 0) is 36.3 Å². The molecule has 1 rings (SSSR count). The molecule has 1 aromatic carbocycles. The van der Waals surface area contributed by atoms with Crippen molar-refractivity contribution >= 4 is 23.7 Å². The number of rotatable bonds is 3. The molecule has 96 valence electrons. The molecule has 0 atom stereocenters. The number of nitrogen functional groups attached to an aromatic ring is 1. The lowest BCUT2D eigenvalue weighted by Gasteiger charge is -2.08. The highest BCUT2D eigenvalue weighted by molar-refractivity contribution is 5.94. The van der Waals surface area contributed by atoms with E-state index in [1.54, 1.807) is 19.1 Å². The average Bonchev–Trinajstić information content (AvgIpc) is 2.38. The van der Waals surface area contributed by atoms with Crippen molar-refractivity contribution in [3.05, 3.63) is 34.9 Å². The second-order valence-electron chi connectivity index (χ2n) is 3.63. The van der Waals surface area contributed by atoms with E-state index in [1.807, 2.05) is 0 Å². The predicted molar refractivity (Wildman–Crippen MR) is 68.0 cm³/mol. The minimum atomic E-state index is -0.478. The van der Waals surface area contributed by atoms with Crippen molar-refractivity contribution in [2.45, 2.75) is 6.92 Å². The molecule has 0 heterocycles. The molecule has 2 N–H and O–H groups in total. The van der Waals surface area contributed by atoms with Gasteiger partial charge in [-0.15, -0.1) is 0 Å². The smallest absolute Gasteiger partial charge is 0.338 e. The number of benzene rings is 1. The van der Waals surface area contributed by atoms with Crippen LogP contribution in [0.3, 0.4) is 0 Å². The Balaban J connectivity index is 3.16. The van der Waals surface area contributed by atoms with E-state index in [0.29, 0.717) is 22.4 Å². The summed E-state index contributed by atoms with van der Waals surface area (Å²) >= 11 is 0. The topological polar surface area (TPSA) is 78.6 Å². The molecule has 5 nitrogen and oxygen atoms in total. The summed E-state index contributed by atoms with van der Waals surface area (Å²) in [6.45, 7) is 1.73. The third-order valence-electron chi connectivity index (χ3n) is 2.49. The Morgan fingerprint density at radius 3 is 2.44 bits per heavy atom. The van der Waals surface area contributed by atoms with Crippen LogP contribution in [0.1, 0.15) is 21.5 Å². The van der Waals surface area contributed by atoms with Crippen LogP contribution in [0.25, 0.3) is 6.08 Å². The van der Waals surface area contributed by atoms with E-state index >= 15 is 0 Å². The van der Waals surface area contributed by atoms with Crippen LogP contribution in [-0.4, -0.2) is 26.2 Å². The van der Waals surface area contributed by atoms with Crippen molar-refractivity contribution in [3.63, 3.8) is 0 Å². The van der Waals surface area contributed by atoms with Gasteiger partial charge in [-0.25, -0.2) is 9.59 Å². The van der Waals surface area contributed by atoms with Gasteiger partial charge in [-0.2, -0.15) is 0 Å². The molecule has 0 amide bonds. The molecule has 0 unspecified atom stereocenters. The molecule has 0 aliphatic carbocycles. The fourth-order valence-electron chi connectivity index (χ4n) is 1.41. The van der Waals surface area contributed by atoms with E-state index in [1.165, 1.54) is 26.4 Å². The van der Waals surface area contributed by atoms with Crippen molar-refractivity contribution in [3.8, 4) is 0 Å². The Morgan fingerprint density at radius 2 is 1.89 bits per heavy atom. The molecule has 0 aliphatic rings. The molecular weight excluding hydrogens is 234 g/mol. The van der Waals surface area contributed by atoms with Gasteiger partial charge < -0.3 is 15.2 Å². The summed E-state index contributed by atoms with van der Waals surface area (Å²) in [5.74, 6) is -0.943. The largest absolute Gasteiger partial charge is 0.466 e. The van der Waals surface area contributed by atoms with E-state index in [4.69, 9.17) is 5.73 Å². The van der Waals surface area contributed by atoms with Gasteiger partial charge in [0.1, 0.15) is 0 Å². The third-order valence-corrected chi connectivity index (χ3v) is 2.49. The van der Waals surface area contributed by atoms with Crippen LogP contribution in [0.5, 0.6) is 0 Å². The zero-order chi connectivity index (χ0) is 13.7. The molecule has 0 spiro atoms. The highest BCUT2D eigenvalue weighted by Crippen LogP contribution is 2.20. The number of hydrogen-bond donors (Lipinski definition) is 1. The predicted octanol–water partition coefficient (Wildman–Crippen LogP) is 1.55. The van der Waals surface area contributed by atoms with Crippen molar-refractivity contribution in [2.24, 2.45) is 0 Å². The van der Waals surface area contributed by atoms with Crippen molar-refractivity contribution in [1.29, 1.82) is 0 Å². The Kier molecular flexibility index (Phi) is 4.48. The minimum Gasteiger partial charge on any atom is -0.466 e. The van der Waals surface area contributed by atoms with Crippen molar-refractivity contribution < 1.29 is 19.1 Å². The van der Waals surface area contributed by atoms with Gasteiger partial charge in [0, 0.05) is 11.8 Å². The van der Waals surface area contributed by atoms with Gasteiger partial charge in [-0.3, -0.25) is 0 Å². The van der Waals surface area contributed by atoms with Crippen LogP contribution in [-0.2, 0) is 14.3 Å². The highest BCUT2D eigenvalue weighted by Gasteiger charge is 2.12. The van der Waals surface area contributed by atoms with E-state index < -0.39 is 11.9 Å². The molecule has 0 bridgehead atoms. The number of anilines is 1. The van der Waals surface area contributed by atoms with E-state index in [2.05, 4.69) is 9.47 Å². The lowest BCUT2D eigenvalue weighted by Crippen LogP contribution is -2.06. The fraction of sp³-hybridized carbons (Fsp3) is 0.231. The highest BCUT2D eigenvalue weighted by atomic mass is 16.5. The Hall–Kier alpha value is -2.30. The molecule has 18 heavy (non-hydrogen) atoms. The number of nitrogens with two attached hydrogens (primary N) is 1. The summed E-state index contributed by atoms with van der Waals surface area (Å²) in [6.07, 6.45) is 2.78. The molecule has 0 aromatic heterocycles. The summed E-state index contributed by atoms with van der Waals surface area (Å²) in [7, 11) is 2.59. The molecule has 0 aliphatic heterocycles. The lowest BCUT2D eigenvalue weighted by molar-refractivity contribution is -0.134. The molecular formula is C13H15NO4. The molecule has 0 saturated carbocycles. The van der Waals surface area contributed by atoms with Crippen LogP contribution < -0.4 is 5.73 Å². The van der Waals surface area contributed by atoms with Gasteiger partial charge in [-0.1, -0.05) is 0 Å². The van der Waals surface area contributed by atoms with Crippen LogP contribution in [0.2, 0.25) is 0 Å². The zero-order valence-corrected chi connectivity index (χ0v) is 10.5. The van der Waals surface area contributed by atoms with Crippen LogP contribution >= 0.6 is 0 Å². The van der Waals surface area contributed by atoms with Crippen molar-refractivity contribution in [2.75, 3.05) is 20.0 Å². The number of esters is 2. The maximum Gasteiger partial charge on any atom is 0.338 e. The van der Waals surface area contributed by atoms with E-state index in [9.17, 15) is 9.59 Å². The van der Waals surface area contributed by atoms with Crippen LogP contribution in [0, 0.1) is 6.92 Å². The first-order valence-electron chi connectivity index (χ1n) is 5.24. The maximum atomic E-state index is 11.5. The summed E-state index contributed by atoms with van der Waals surface area (Å²) in [5, 5.41) is 0. The van der Waals surface area contributed by atoms with Crippen LogP contribution in [0.4, 0.5) is 5.69 Å². The summed E-state index contributed by atoms with van der Waals surface area (Å²) in [4.78, 5) is 22.5. The maximum absolute atomic E-state index is 11.5. The summed E-state index contributed by atoms with van der Waals surface area (Å²) in [6, 6.07) is 3.28. The third kappa shape index (κ3) is 3.10. The molecule has 0 radical (unpaired) electrons. The Bertz CT molecular complexity index is 506. The molecule has 0 fully saturated rings. The first-order chi connectivity index (χ1) is 8.49. The van der Waals surface area contributed by atoms with Gasteiger partial charge >= 0.3 is 11.9 Å². The monoisotopic (exact) mass is 249 g/mol. The standard InChI is InChI=1S/C13H15NO4/c1-8-10(13(16)18-3)6-9(7-11(8)14)4-5-12(15)17-2/h4-7H,14H2,1-3H3. The summed E-state index contributed by atoms with van der Waals surface area (Å²) in [5.41, 5.74) is 7.91. The quantitative estimate of drug-likeness (QED) is 0.499. The first kappa shape index (κ1) is 13.8. The number of hydrogen-bond acceptors (Lipinski definition) is 5. The minimum absolute atomic E-state index is 0.377. The van der Waals surface area contributed by atoms with Gasteiger partial charge in [0.25, 0.3) is 0 Å². The van der Waals surface area contributed by atoms with E-state index in [-0.39, 0.29) is 0 Å². The number of carbonyl (C=O) groups excluding carboxylic acids is 2. The normalized spacial score (nSPS) is 10.4. The van der Waals surface area contributed by atoms with Gasteiger partial charge in [0.15, 0.2) is 0 Å². The Labute approximate surface area is 105 Å². The van der Waals surface area contributed by atoms with Crippen LogP contribution in [0.15, 0.2) is 18.2 Å². The number of carbonyl (C=O) groups is 2. The zero-order valence-electron chi connectivity index (χ0n) is 10.5. The van der Waals surface area contributed by atoms with E-state index in [0.717, 1.165) is 0 Å². The van der Waals surface area contributed by atoms with Crippen molar-refractivity contribution in [1.82, 2.24) is 0 Å². The molecule has 5 heteroatoms. The number of ether oxygens (including phenoxy) is 2. The first-order valence-corrected chi connectivity index (χ1v) is 5.24. The van der Waals surface area contributed by atoms with Gasteiger partial charge in [0.05, 0.1) is 19.8 Å². The molecule has 0 saturated heterocycles. The second kappa shape index (κ2) is 5.86.